The van der Waals surface area contributed by atoms with E-state index in [9.17, 15) is 4.79 Å². The van der Waals surface area contributed by atoms with Gasteiger partial charge in [-0.05, 0) is 6.07 Å². The van der Waals surface area contributed by atoms with Gasteiger partial charge in [0.25, 0.3) is 0 Å². The van der Waals surface area contributed by atoms with Crippen molar-refractivity contribution in [3.8, 4) is 6.07 Å². The van der Waals surface area contributed by atoms with Crippen LogP contribution in [-0.2, 0) is 6.42 Å². The van der Waals surface area contributed by atoms with Gasteiger partial charge in [0.2, 0.25) is 5.56 Å². The van der Waals surface area contributed by atoms with Crippen LogP contribution in [0, 0.1) is 11.3 Å². The molecule has 11 heavy (non-hydrogen) atoms. The number of nitrogens with zero attached hydrogens (tertiary/aromatic N) is 1. The molecule has 0 saturated heterocycles. The lowest BCUT2D eigenvalue weighted by atomic mass is 10.2. The number of aromatic amines is 1. The second-order valence-corrected chi connectivity index (χ2v) is 2.37. The molecule has 0 aromatic carbocycles. The SMILES string of the molecule is N#CCc1ccc(=O)[nH]c1Cl. The summed E-state index contributed by atoms with van der Waals surface area (Å²) in [5.41, 5.74) is 0.394. The Morgan fingerprint density at radius 3 is 2.91 bits per heavy atom. The fourth-order valence-electron chi connectivity index (χ4n) is 0.701. The predicted octanol–water partition coefficient (Wildman–Crippen LogP) is 1.09. The number of aromatic nitrogens is 1. The lowest BCUT2D eigenvalue weighted by molar-refractivity contribution is 1.15. The number of rotatable bonds is 1. The van der Waals surface area contributed by atoms with Gasteiger partial charge < -0.3 is 4.98 Å². The number of pyridine rings is 1. The summed E-state index contributed by atoms with van der Waals surface area (Å²) in [6.07, 6.45) is 0.218. The number of nitriles is 1. The van der Waals surface area contributed by atoms with Gasteiger partial charge in [0.15, 0.2) is 0 Å². The molecule has 1 rings (SSSR count). The van der Waals surface area contributed by atoms with Crippen LogP contribution in [0.25, 0.3) is 0 Å². The van der Waals surface area contributed by atoms with Gasteiger partial charge in [0.05, 0.1) is 12.5 Å². The summed E-state index contributed by atoms with van der Waals surface area (Å²) < 4.78 is 0. The maximum absolute atomic E-state index is 10.6. The monoisotopic (exact) mass is 168 g/mol. The molecule has 1 aromatic rings. The van der Waals surface area contributed by atoms with Crippen LogP contribution in [0.2, 0.25) is 5.15 Å². The Morgan fingerprint density at radius 1 is 1.64 bits per heavy atom. The molecule has 1 N–H and O–H groups in total. The normalized spacial score (nSPS) is 9.09. The van der Waals surface area contributed by atoms with Crippen molar-refractivity contribution < 1.29 is 0 Å². The largest absolute Gasteiger partial charge is 0.313 e. The molecule has 3 nitrogen and oxygen atoms in total. The van der Waals surface area contributed by atoms with E-state index in [1.807, 2.05) is 6.07 Å². The number of nitrogens with one attached hydrogen (secondary N) is 1. The Labute approximate surface area is 68.2 Å². The number of halogens is 1. The molecule has 0 aliphatic heterocycles. The Bertz CT molecular complexity index is 350. The van der Waals surface area contributed by atoms with Crippen LogP contribution >= 0.6 is 11.6 Å². The topological polar surface area (TPSA) is 56.6 Å². The van der Waals surface area contributed by atoms with E-state index in [1.165, 1.54) is 6.07 Å². The minimum atomic E-state index is -0.253. The van der Waals surface area contributed by atoms with Crippen LogP contribution in [0.3, 0.4) is 0 Å². The van der Waals surface area contributed by atoms with Gasteiger partial charge in [-0.15, -0.1) is 0 Å². The van der Waals surface area contributed by atoms with Crippen LogP contribution in [-0.4, -0.2) is 4.98 Å². The van der Waals surface area contributed by atoms with Gasteiger partial charge >= 0.3 is 0 Å². The molecule has 0 atom stereocenters. The molecular weight excluding hydrogens is 164 g/mol. The summed E-state index contributed by atoms with van der Waals surface area (Å²) >= 11 is 5.60. The van der Waals surface area contributed by atoms with E-state index in [1.54, 1.807) is 6.07 Å². The lowest BCUT2D eigenvalue weighted by Crippen LogP contribution is -2.04. The summed E-state index contributed by atoms with van der Waals surface area (Å²) in [6.45, 7) is 0. The number of hydrogen-bond acceptors (Lipinski definition) is 2. The van der Waals surface area contributed by atoms with E-state index in [0.717, 1.165) is 0 Å². The maximum atomic E-state index is 10.6. The molecule has 0 spiro atoms. The van der Waals surface area contributed by atoms with E-state index < -0.39 is 0 Å². The molecule has 0 unspecified atom stereocenters. The minimum Gasteiger partial charge on any atom is -0.313 e. The Hall–Kier alpha value is -1.27. The zero-order chi connectivity index (χ0) is 8.27. The average molecular weight is 169 g/mol. The van der Waals surface area contributed by atoms with Crippen molar-refractivity contribution in [3.05, 3.63) is 33.2 Å². The second kappa shape index (κ2) is 3.22. The van der Waals surface area contributed by atoms with Gasteiger partial charge in [-0.2, -0.15) is 5.26 Å². The van der Waals surface area contributed by atoms with Gasteiger partial charge in [0, 0.05) is 11.6 Å². The maximum Gasteiger partial charge on any atom is 0.249 e. The van der Waals surface area contributed by atoms with Crippen LogP contribution in [0.15, 0.2) is 16.9 Å². The van der Waals surface area contributed by atoms with Crippen molar-refractivity contribution in [1.82, 2.24) is 4.98 Å². The van der Waals surface area contributed by atoms with Gasteiger partial charge in [0.1, 0.15) is 5.15 Å². The highest BCUT2D eigenvalue weighted by molar-refractivity contribution is 6.30. The smallest absolute Gasteiger partial charge is 0.249 e. The van der Waals surface area contributed by atoms with E-state index in [2.05, 4.69) is 4.98 Å². The third-order valence-corrected chi connectivity index (χ3v) is 1.56. The summed E-state index contributed by atoms with van der Waals surface area (Å²) in [4.78, 5) is 13.0. The Balaban J connectivity index is 3.11. The molecule has 0 fully saturated rings. The molecule has 0 amide bonds. The molecule has 4 heteroatoms. The highest BCUT2D eigenvalue weighted by Crippen LogP contribution is 2.09. The molecule has 0 radical (unpaired) electrons. The van der Waals surface area contributed by atoms with Crippen molar-refractivity contribution in [2.45, 2.75) is 6.42 Å². The number of H-pyrrole nitrogens is 1. The van der Waals surface area contributed by atoms with Crippen LogP contribution < -0.4 is 5.56 Å². The number of hydrogen-bond donors (Lipinski definition) is 1. The third-order valence-electron chi connectivity index (χ3n) is 1.22. The van der Waals surface area contributed by atoms with Gasteiger partial charge in [-0.25, -0.2) is 0 Å². The Morgan fingerprint density at radius 2 is 2.36 bits per heavy atom. The van der Waals surface area contributed by atoms with Crippen molar-refractivity contribution in [3.63, 3.8) is 0 Å². The first-order valence-electron chi connectivity index (χ1n) is 2.98. The molecule has 56 valence electrons. The first kappa shape index (κ1) is 7.83. The summed E-state index contributed by atoms with van der Waals surface area (Å²) in [5, 5.41) is 8.56. The van der Waals surface area contributed by atoms with Gasteiger partial charge in [-0.3, -0.25) is 4.79 Å². The van der Waals surface area contributed by atoms with Crippen molar-refractivity contribution >= 4 is 11.6 Å². The van der Waals surface area contributed by atoms with Crippen molar-refractivity contribution in [1.29, 1.82) is 5.26 Å². The van der Waals surface area contributed by atoms with Gasteiger partial charge in [-0.1, -0.05) is 11.6 Å². The van der Waals surface area contributed by atoms with E-state index >= 15 is 0 Å². The highest BCUT2D eigenvalue weighted by atomic mass is 35.5. The molecule has 1 heterocycles. The second-order valence-electron chi connectivity index (χ2n) is 2.00. The zero-order valence-electron chi connectivity index (χ0n) is 5.60. The zero-order valence-corrected chi connectivity index (χ0v) is 6.35. The molecule has 0 aliphatic rings. The molecule has 0 bridgehead atoms. The van der Waals surface area contributed by atoms with Crippen molar-refractivity contribution in [2.24, 2.45) is 0 Å². The van der Waals surface area contributed by atoms with Crippen LogP contribution in [0.5, 0.6) is 0 Å². The standard InChI is InChI=1S/C7H5ClN2O/c8-7-5(3-4-9)1-2-6(11)10-7/h1-2H,3H2,(H,10,11). The first-order chi connectivity index (χ1) is 5.24. The summed E-state index contributed by atoms with van der Waals surface area (Å²) in [7, 11) is 0. The predicted molar refractivity (Wildman–Crippen MR) is 41.4 cm³/mol. The van der Waals surface area contributed by atoms with E-state index in [-0.39, 0.29) is 17.1 Å². The fourth-order valence-corrected chi connectivity index (χ4v) is 0.924. The molecule has 0 saturated carbocycles. The molecule has 1 aromatic heterocycles. The van der Waals surface area contributed by atoms with Crippen LogP contribution in [0.4, 0.5) is 0 Å². The van der Waals surface area contributed by atoms with Crippen molar-refractivity contribution in [2.75, 3.05) is 0 Å². The molecular formula is C7H5ClN2O. The quantitative estimate of drug-likeness (QED) is 0.639. The summed E-state index contributed by atoms with van der Waals surface area (Å²) in [6, 6.07) is 4.83. The van der Waals surface area contributed by atoms with Crippen LogP contribution in [0.1, 0.15) is 5.56 Å². The van der Waals surface area contributed by atoms with E-state index in [0.29, 0.717) is 5.56 Å². The summed E-state index contributed by atoms with van der Waals surface area (Å²) in [5.74, 6) is 0. The Kier molecular flexibility index (Phi) is 2.29. The third kappa shape index (κ3) is 1.82. The first-order valence-corrected chi connectivity index (χ1v) is 3.36. The van der Waals surface area contributed by atoms with E-state index in [4.69, 9.17) is 16.9 Å². The highest BCUT2D eigenvalue weighted by Gasteiger charge is 1.98. The minimum absolute atomic E-state index is 0.218. The average Bonchev–Trinajstić information content (AvgIpc) is 1.95. The lowest BCUT2D eigenvalue weighted by Gasteiger charge is -1.95. The molecule has 0 aliphatic carbocycles. The fraction of sp³-hybridized carbons (Fsp3) is 0.143.